The molecule has 0 radical (unpaired) electrons. The minimum Gasteiger partial charge on any atom is -0.339 e. The van der Waals surface area contributed by atoms with E-state index in [0.29, 0.717) is 19.0 Å². The molecule has 0 saturated carbocycles. The Balaban J connectivity index is 1.69. The van der Waals surface area contributed by atoms with Crippen LogP contribution < -0.4 is 0 Å². The highest BCUT2D eigenvalue weighted by Gasteiger charge is 2.36. The SMILES string of the molecule is O=C(N1CCC(CCCc2ccccc2)CC1)C(Cl)(Cl)Cl. The van der Waals surface area contributed by atoms with Crippen LogP contribution in [0.4, 0.5) is 0 Å². The zero-order valence-electron chi connectivity index (χ0n) is 11.9. The third kappa shape index (κ3) is 5.36. The first-order chi connectivity index (χ1) is 9.97. The van der Waals surface area contributed by atoms with E-state index in [9.17, 15) is 4.79 Å². The van der Waals surface area contributed by atoms with Crippen molar-refractivity contribution in [1.29, 1.82) is 0 Å². The molecule has 1 saturated heterocycles. The van der Waals surface area contributed by atoms with E-state index in [4.69, 9.17) is 34.8 Å². The van der Waals surface area contributed by atoms with Crippen molar-refractivity contribution in [3.05, 3.63) is 35.9 Å². The van der Waals surface area contributed by atoms with Crippen LogP contribution >= 0.6 is 34.8 Å². The van der Waals surface area contributed by atoms with Crippen molar-refractivity contribution in [1.82, 2.24) is 4.90 Å². The van der Waals surface area contributed by atoms with E-state index in [-0.39, 0.29) is 0 Å². The molecule has 1 fully saturated rings. The molecule has 1 aromatic rings. The van der Waals surface area contributed by atoms with Crippen LogP contribution in [0.5, 0.6) is 0 Å². The van der Waals surface area contributed by atoms with E-state index in [2.05, 4.69) is 24.3 Å². The maximum absolute atomic E-state index is 11.9. The van der Waals surface area contributed by atoms with Gasteiger partial charge < -0.3 is 4.90 Å². The lowest BCUT2D eigenvalue weighted by Gasteiger charge is -2.33. The van der Waals surface area contributed by atoms with Crippen LogP contribution in [0.1, 0.15) is 31.2 Å². The molecule has 0 N–H and O–H groups in total. The van der Waals surface area contributed by atoms with Crippen molar-refractivity contribution in [3.8, 4) is 0 Å². The van der Waals surface area contributed by atoms with E-state index in [1.165, 1.54) is 18.4 Å². The number of likely N-dealkylation sites (tertiary alicyclic amines) is 1. The predicted molar refractivity (Wildman–Crippen MR) is 89.0 cm³/mol. The number of nitrogens with zero attached hydrogens (tertiary/aromatic N) is 1. The lowest BCUT2D eigenvalue weighted by Crippen LogP contribution is -2.44. The van der Waals surface area contributed by atoms with Crippen molar-refractivity contribution >= 4 is 40.7 Å². The van der Waals surface area contributed by atoms with E-state index in [1.54, 1.807) is 4.90 Å². The summed E-state index contributed by atoms with van der Waals surface area (Å²) >= 11 is 16.9. The van der Waals surface area contributed by atoms with Crippen LogP contribution in [0.25, 0.3) is 0 Å². The highest BCUT2D eigenvalue weighted by Crippen LogP contribution is 2.31. The molecule has 1 heterocycles. The topological polar surface area (TPSA) is 20.3 Å². The number of benzene rings is 1. The Morgan fingerprint density at radius 1 is 1.14 bits per heavy atom. The predicted octanol–water partition coefficient (Wildman–Crippen LogP) is 4.62. The first-order valence-electron chi connectivity index (χ1n) is 7.37. The van der Waals surface area contributed by atoms with Crippen molar-refractivity contribution in [3.63, 3.8) is 0 Å². The molecule has 0 bridgehead atoms. The summed E-state index contributed by atoms with van der Waals surface area (Å²) in [6.45, 7) is 1.39. The number of alkyl halides is 3. The van der Waals surface area contributed by atoms with Gasteiger partial charge >= 0.3 is 0 Å². The lowest BCUT2D eigenvalue weighted by molar-refractivity contribution is -0.131. The Labute approximate surface area is 141 Å². The summed E-state index contributed by atoms with van der Waals surface area (Å²) in [7, 11) is 0. The number of hydrogen-bond acceptors (Lipinski definition) is 1. The third-order valence-corrected chi connectivity index (χ3v) is 4.55. The fraction of sp³-hybridized carbons (Fsp3) is 0.562. The molecule has 0 aromatic heterocycles. The fourth-order valence-electron chi connectivity index (χ4n) is 2.84. The molecule has 0 spiro atoms. The van der Waals surface area contributed by atoms with Crippen molar-refractivity contribution in [2.45, 2.75) is 35.9 Å². The summed E-state index contributed by atoms with van der Waals surface area (Å²) in [6.07, 6.45) is 5.51. The van der Waals surface area contributed by atoms with Crippen molar-refractivity contribution in [2.75, 3.05) is 13.1 Å². The summed E-state index contributed by atoms with van der Waals surface area (Å²) < 4.78 is -1.82. The number of halogens is 3. The van der Waals surface area contributed by atoms with Gasteiger partial charge in [0.05, 0.1) is 0 Å². The van der Waals surface area contributed by atoms with Crippen LogP contribution in [-0.2, 0) is 11.2 Å². The molecule has 0 unspecified atom stereocenters. The van der Waals surface area contributed by atoms with Crippen LogP contribution in [0.2, 0.25) is 0 Å². The van der Waals surface area contributed by atoms with Crippen LogP contribution in [0, 0.1) is 5.92 Å². The summed E-state index contributed by atoms with van der Waals surface area (Å²) in [6, 6.07) is 10.5. The van der Waals surface area contributed by atoms with Gasteiger partial charge in [0.2, 0.25) is 0 Å². The second-order valence-corrected chi connectivity index (χ2v) is 7.89. The highest BCUT2D eigenvalue weighted by atomic mass is 35.6. The molecule has 5 heteroatoms. The molecule has 2 nitrogen and oxygen atoms in total. The van der Waals surface area contributed by atoms with Gasteiger partial charge in [0.1, 0.15) is 0 Å². The molecule has 1 amide bonds. The molecule has 0 atom stereocenters. The average molecular weight is 349 g/mol. The van der Waals surface area contributed by atoms with E-state index >= 15 is 0 Å². The van der Waals surface area contributed by atoms with E-state index in [1.807, 2.05) is 6.07 Å². The van der Waals surface area contributed by atoms with Crippen molar-refractivity contribution < 1.29 is 4.79 Å². The number of carbonyl (C=O) groups is 1. The number of hydrogen-bond donors (Lipinski definition) is 0. The monoisotopic (exact) mass is 347 g/mol. The Morgan fingerprint density at radius 2 is 1.76 bits per heavy atom. The normalized spacial score (nSPS) is 17.0. The van der Waals surface area contributed by atoms with Crippen LogP contribution in [-0.4, -0.2) is 27.7 Å². The second-order valence-electron chi connectivity index (χ2n) is 5.61. The maximum Gasteiger partial charge on any atom is 0.274 e. The smallest absolute Gasteiger partial charge is 0.274 e. The van der Waals surface area contributed by atoms with Gasteiger partial charge in [-0.1, -0.05) is 65.1 Å². The molecular formula is C16H20Cl3NO. The largest absolute Gasteiger partial charge is 0.339 e. The third-order valence-electron chi connectivity index (χ3n) is 4.06. The Bertz CT molecular complexity index is 450. The number of rotatable bonds is 4. The van der Waals surface area contributed by atoms with Crippen molar-refractivity contribution in [2.24, 2.45) is 5.92 Å². The van der Waals surface area contributed by atoms with Gasteiger partial charge in [0.15, 0.2) is 0 Å². The van der Waals surface area contributed by atoms with E-state index < -0.39 is 9.70 Å². The zero-order valence-corrected chi connectivity index (χ0v) is 14.2. The molecule has 21 heavy (non-hydrogen) atoms. The number of amides is 1. The average Bonchev–Trinajstić information content (AvgIpc) is 2.47. The molecule has 0 aliphatic carbocycles. The quantitative estimate of drug-likeness (QED) is 0.727. The Kier molecular flexibility index (Phi) is 6.21. The van der Waals surface area contributed by atoms with Gasteiger partial charge in [-0.2, -0.15) is 0 Å². The molecule has 1 aromatic carbocycles. The molecule has 2 rings (SSSR count). The fourth-order valence-corrected chi connectivity index (χ4v) is 3.20. The van der Waals surface area contributed by atoms with Gasteiger partial charge in [0, 0.05) is 13.1 Å². The summed E-state index contributed by atoms with van der Waals surface area (Å²) in [5, 5.41) is 0. The van der Waals surface area contributed by atoms with Gasteiger partial charge in [0.25, 0.3) is 9.70 Å². The summed E-state index contributed by atoms with van der Waals surface area (Å²) in [5.74, 6) is 0.281. The number of piperidine rings is 1. The first-order valence-corrected chi connectivity index (χ1v) is 8.50. The Hall–Kier alpha value is -0.440. The number of carbonyl (C=O) groups excluding carboxylic acids is 1. The van der Waals surface area contributed by atoms with Gasteiger partial charge in [-0.3, -0.25) is 4.79 Å². The van der Waals surface area contributed by atoms with Gasteiger partial charge in [-0.25, -0.2) is 0 Å². The molecule has 1 aliphatic rings. The standard InChI is InChI=1S/C16H20Cl3NO/c17-16(18,19)15(21)20-11-9-14(10-12-20)8-4-7-13-5-2-1-3-6-13/h1-3,5-6,14H,4,7-12H2. The first kappa shape index (κ1) is 16.9. The Morgan fingerprint density at radius 3 is 2.33 bits per heavy atom. The molecule has 1 aliphatic heterocycles. The van der Waals surface area contributed by atoms with Crippen LogP contribution in [0.3, 0.4) is 0 Å². The number of aryl methyl sites for hydroxylation is 1. The zero-order chi connectivity index (χ0) is 15.3. The minimum atomic E-state index is -1.82. The minimum absolute atomic E-state index is 0.393. The summed E-state index contributed by atoms with van der Waals surface area (Å²) in [4.78, 5) is 13.5. The maximum atomic E-state index is 11.9. The lowest BCUT2D eigenvalue weighted by atomic mass is 9.91. The van der Waals surface area contributed by atoms with E-state index in [0.717, 1.165) is 19.3 Å². The van der Waals surface area contributed by atoms with Gasteiger partial charge in [-0.15, -0.1) is 0 Å². The molecular weight excluding hydrogens is 329 g/mol. The van der Waals surface area contributed by atoms with Crippen LogP contribution in [0.15, 0.2) is 30.3 Å². The van der Waals surface area contributed by atoms with Gasteiger partial charge in [-0.05, 0) is 43.6 Å². The highest BCUT2D eigenvalue weighted by molar-refractivity contribution is 6.76. The molecule has 116 valence electrons. The second kappa shape index (κ2) is 7.71. The summed E-state index contributed by atoms with van der Waals surface area (Å²) in [5.41, 5.74) is 1.39.